The van der Waals surface area contributed by atoms with Gasteiger partial charge in [0.1, 0.15) is 5.56 Å². The Balaban J connectivity index is 2.11. The lowest BCUT2D eigenvalue weighted by molar-refractivity contribution is 0.0524. The van der Waals surface area contributed by atoms with E-state index in [1.807, 2.05) is 30.3 Å². The third kappa shape index (κ3) is 2.48. The normalized spacial score (nSPS) is 10.6. The molecular formula is C17H14N2O3. The summed E-state index contributed by atoms with van der Waals surface area (Å²) in [6, 6.07) is 11.0. The Morgan fingerprint density at radius 2 is 2.14 bits per heavy atom. The number of pyridine rings is 2. The van der Waals surface area contributed by atoms with Gasteiger partial charge in [-0.2, -0.15) is 0 Å². The van der Waals surface area contributed by atoms with E-state index >= 15 is 0 Å². The summed E-state index contributed by atoms with van der Waals surface area (Å²) in [6.07, 6.45) is 3.11. The predicted octanol–water partition coefficient (Wildman–Crippen LogP) is 2.77. The van der Waals surface area contributed by atoms with Gasteiger partial charge < -0.3 is 9.72 Å². The molecule has 5 heteroatoms. The van der Waals surface area contributed by atoms with Crippen molar-refractivity contribution in [3.63, 3.8) is 0 Å². The highest BCUT2D eigenvalue weighted by molar-refractivity contribution is 5.94. The van der Waals surface area contributed by atoms with Gasteiger partial charge in [-0.1, -0.05) is 12.1 Å². The SMILES string of the molecule is CCOC(=O)c1c[nH]c2cc(-c3ccccn3)ccc2c1=O. The number of H-pyrrole nitrogens is 1. The Kier molecular flexibility index (Phi) is 3.70. The summed E-state index contributed by atoms with van der Waals surface area (Å²) in [4.78, 5) is 31.4. The maximum Gasteiger partial charge on any atom is 0.343 e. The summed E-state index contributed by atoms with van der Waals surface area (Å²) in [5.74, 6) is -0.612. The number of aromatic nitrogens is 2. The molecule has 0 saturated heterocycles. The topological polar surface area (TPSA) is 72.1 Å². The van der Waals surface area contributed by atoms with E-state index < -0.39 is 5.97 Å². The lowest BCUT2D eigenvalue weighted by atomic mass is 10.1. The highest BCUT2D eigenvalue weighted by Gasteiger charge is 2.14. The quantitative estimate of drug-likeness (QED) is 0.754. The molecule has 0 saturated carbocycles. The van der Waals surface area contributed by atoms with Gasteiger partial charge in [-0.05, 0) is 31.2 Å². The molecule has 0 aliphatic heterocycles. The molecule has 110 valence electrons. The van der Waals surface area contributed by atoms with E-state index in [9.17, 15) is 9.59 Å². The molecule has 2 aromatic heterocycles. The number of esters is 1. The fourth-order valence-corrected chi connectivity index (χ4v) is 2.28. The minimum atomic E-state index is -0.612. The highest BCUT2D eigenvalue weighted by atomic mass is 16.5. The summed E-state index contributed by atoms with van der Waals surface area (Å²) in [6.45, 7) is 1.93. The molecule has 0 amide bonds. The van der Waals surface area contributed by atoms with E-state index in [0.717, 1.165) is 11.3 Å². The smallest absolute Gasteiger partial charge is 0.343 e. The second-order valence-corrected chi connectivity index (χ2v) is 4.73. The van der Waals surface area contributed by atoms with Crippen LogP contribution in [0.1, 0.15) is 17.3 Å². The van der Waals surface area contributed by atoms with E-state index in [1.165, 1.54) is 6.20 Å². The van der Waals surface area contributed by atoms with Crippen LogP contribution in [-0.2, 0) is 4.74 Å². The van der Waals surface area contributed by atoms with Crippen LogP contribution >= 0.6 is 0 Å². The molecule has 1 N–H and O–H groups in total. The van der Waals surface area contributed by atoms with E-state index in [0.29, 0.717) is 10.9 Å². The molecule has 0 unspecified atom stereocenters. The van der Waals surface area contributed by atoms with Gasteiger partial charge in [-0.3, -0.25) is 9.78 Å². The molecule has 0 atom stereocenters. The van der Waals surface area contributed by atoms with Gasteiger partial charge in [0.15, 0.2) is 0 Å². The van der Waals surface area contributed by atoms with E-state index in [1.54, 1.807) is 19.2 Å². The largest absolute Gasteiger partial charge is 0.462 e. The fourth-order valence-electron chi connectivity index (χ4n) is 2.28. The van der Waals surface area contributed by atoms with Crippen molar-refractivity contribution in [2.45, 2.75) is 6.92 Å². The third-order valence-corrected chi connectivity index (χ3v) is 3.34. The Morgan fingerprint density at radius 1 is 1.27 bits per heavy atom. The average Bonchev–Trinajstić information content (AvgIpc) is 2.56. The lowest BCUT2D eigenvalue weighted by Gasteiger charge is -2.05. The highest BCUT2D eigenvalue weighted by Crippen LogP contribution is 2.20. The number of nitrogens with one attached hydrogen (secondary N) is 1. The Bertz CT molecular complexity index is 885. The van der Waals surface area contributed by atoms with Crippen LogP contribution in [0.25, 0.3) is 22.2 Å². The number of hydrogen-bond donors (Lipinski definition) is 1. The van der Waals surface area contributed by atoms with Crippen molar-refractivity contribution >= 4 is 16.9 Å². The first kappa shape index (κ1) is 14.0. The van der Waals surface area contributed by atoms with Crippen LogP contribution < -0.4 is 5.43 Å². The third-order valence-electron chi connectivity index (χ3n) is 3.34. The standard InChI is InChI=1S/C17H14N2O3/c1-2-22-17(21)13-10-19-15-9-11(6-7-12(15)16(13)20)14-5-3-4-8-18-14/h3-10H,2H2,1H3,(H,19,20). The maximum atomic E-state index is 12.4. The average molecular weight is 294 g/mol. The molecule has 22 heavy (non-hydrogen) atoms. The first-order chi connectivity index (χ1) is 10.7. The van der Waals surface area contributed by atoms with Gasteiger partial charge >= 0.3 is 5.97 Å². The number of rotatable bonds is 3. The van der Waals surface area contributed by atoms with E-state index in [4.69, 9.17) is 4.74 Å². The maximum absolute atomic E-state index is 12.4. The molecule has 1 aromatic carbocycles. The van der Waals surface area contributed by atoms with Crippen molar-refractivity contribution in [3.8, 4) is 11.3 Å². The van der Waals surface area contributed by atoms with Crippen molar-refractivity contribution in [1.82, 2.24) is 9.97 Å². The van der Waals surface area contributed by atoms with Gasteiger partial charge in [-0.25, -0.2) is 4.79 Å². The zero-order chi connectivity index (χ0) is 15.5. The number of nitrogens with zero attached hydrogens (tertiary/aromatic N) is 1. The molecule has 0 radical (unpaired) electrons. The number of benzene rings is 1. The van der Waals surface area contributed by atoms with E-state index in [-0.39, 0.29) is 17.6 Å². The second kappa shape index (κ2) is 5.81. The molecule has 0 bridgehead atoms. The molecule has 3 rings (SSSR count). The second-order valence-electron chi connectivity index (χ2n) is 4.73. The summed E-state index contributed by atoms with van der Waals surface area (Å²) in [7, 11) is 0. The molecular weight excluding hydrogens is 280 g/mol. The molecule has 0 spiro atoms. The first-order valence-electron chi connectivity index (χ1n) is 6.94. The number of carbonyl (C=O) groups excluding carboxylic acids is 1. The van der Waals surface area contributed by atoms with Gasteiger partial charge in [-0.15, -0.1) is 0 Å². The Morgan fingerprint density at radius 3 is 2.86 bits per heavy atom. The zero-order valence-corrected chi connectivity index (χ0v) is 12.0. The van der Waals surface area contributed by atoms with Crippen LogP contribution in [0.2, 0.25) is 0 Å². The number of fused-ring (bicyclic) bond motifs is 1. The fraction of sp³-hybridized carbons (Fsp3) is 0.118. The number of aromatic amines is 1. The monoisotopic (exact) mass is 294 g/mol. The number of hydrogen-bond acceptors (Lipinski definition) is 4. The van der Waals surface area contributed by atoms with Gasteiger partial charge in [0.2, 0.25) is 5.43 Å². The summed E-state index contributed by atoms with van der Waals surface area (Å²) in [5.41, 5.74) is 2.05. The Hall–Kier alpha value is -2.95. The predicted molar refractivity (Wildman–Crippen MR) is 83.8 cm³/mol. The molecule has 5 nitrogen and oxygen atoms in total. The summed E-state index contributed by atoms with van der Waals surface area (Å²) < 4.78 is 4.88. The molecule has 0 fully saturated rings. The van der Waals surface area contributed by atoms with Crippen LogP contribution in [0.4, 0.5) is 0 Å². The van der Waals surface area contributed by atoms with Gasteiger partial charge in [0, 0.05) is 28.9 Å². The van der Waals surface area contributed by atoms with Crippen molar-refractivity contribution in [2.75, 3.05) is 6.61 Å². The molecule has 0 aliphatic rings. The van der Waals surface area contributed by atoms with Crippen LogP contribution in [0.3, 0.4) is 0 Å². The lowest BCUT2D eigenvalue weighted by Crippen LogP contribution is -2.18. The van der Waals surface area contributed by atoms with Crippen LogP contribution in [0.15, 0.2) is 53.6 Å². The number of ether oxygens (including phenoxy) is 1. The van der Waals surface area contributed by atoms with Crippen LogP contribution in [0.5, 0.6) is 0 Å². The summed E-state index contributed by atoms with van der Waals surface area (Å²) in [5, 5.41) is 0.449. The minimum absolute atomic E-state index is 0.0138. The van der Waals surface area contributed by atoms with Crippen molar-refractivity contribution in [2.24, 2.45) is 0 Å². The molecule has 2 heterocycles. The van der Waals surface area contributed by atoms with E-state index in [2.05, 4.69) is 9.97 Å². The van der Waals surface area contributed by atoms with Crippen LogP contribution in [0, 0.1) is 0 Å². The van der Waals surface area contributed by atoms with Crippen molar-refractivity contribution in [3.05, 3.63) is 64.6 Å². The van der Waals surface area contributed by atoms with Crippen molar-refractivity contribution in [1.29, 1.82) is 0 Å². The Labute approximate surface area is 126 Å². The number of carbonyl (C=O) groups is 1. The van der Waals surface area contributed by atoms with Crippen LogP contribution in [-0.4, -0.2) is 22.5 Å². The zero-order valence-electron chi connectivity index (χ0n) is 12.0. The van der Waals surface area contributed by atoms with Gasteiger partial charge in [0.05, 0.1) is 12.3 Å². The van der Waals surface area contributed by atoms with Crippen molar-refractivity contribution < 1.29 is 9.53 Å². The first-order valence-corrected chi connectivity index (χ1v) is 6.94. The van der Waals surface area contributed by atoms with Gasteiger partial charge in [0.25, 0.3) is 0 Å². The summed E-state index contributed by atoms with van der Waals surface area (Å²) >= 11 is 0. The minimum Gasteiger partial charge on any atom is -0.462 e. The molecule has 3 aromatic rings. The molecule has 0 aliphatic carbocycles.